The van der Waals surface area contributed by atoms with Gasteiger partial charge in [0.25, 0.3) is 0 Å². The van der Waals surface area contributed by atoms with Crippen molar-refractivity contribution in [2.45, 2.75) is 33.7 Å². The van der Waals surface area contributed by atoms with Crippen LogP contribution in [0, 0.1) is 20.8 Å². The molecule has 5 nitrogen and oxygen atoms in total. The zero-order chi connectivity index (χ0) is 15.6. The second kappa shape index (κ2) is 6.22. The predicted octanol–water partition coefficient (Wildman–Crippen LogP) is 2.28. The van der Waals surface area contributed by atoms with E-state index in [1.807, 2.05) is 32.9 Å². The molecule has 2 rings (SSSR count). The molecule has 0 bridgehead atoms. The fourth-order valence-electron chi connectivity index (χ4n) is 2.17. The number of carbonyl (C=O) groups is 1. The second-order valence-electron chi connectivity index (χ2n) is 5.01. The Bertz CT molecular complexity index is 718. The Morgan fingerprint density at radius 2 is 2.10 bits per heavy atom. The van der Waals surface area contributed by atoms with E-state index in [1.54, 1.807) is 22.7 Å². The molecule has 0 aromatic carbocycles. The zero-order valence-corrected chi connectivity index (χ0v) is 13.5. The lowest BCUT2D eigenvalue weighted by Crippen LogP contribution is -2.29. The molecular formula is C15H19N3O2S. The van der Waals surface area contributed by atoms with Gasteiger partial charge in [0.15, 0.2) is 0 Å². The first-order valence-corrected chi connectivity index (χ1v) is 7.58. The van der Waals surface area contributed by atoms with E-state index < -0.39 is 0 Å². The molecule has 0 fully saturated rings. The Labute approximate surface area is 127 Å². The molecular weight excluding hydrogens is 286 g/mol. The molecule has 0 spiro atoms. The Morgan fingerprint density at radius 1 is 1.38 bits per heavy atom. The average molecular weight is 305 g/mol. The first-order valence-electron chi connectivity index (χ1n) is 6.77. The van der Waals surface area contributed by atoms with Gasteiger partial charge in [0.2, 0.25) is 5.91 Å². The number of aromatic nitrogens is 2. The van der Waals surface area contributed by atoms with Gasteiger partial charge in [0.1, 0.15) is 5.82 Å². The van der Waals surface area contributed by atoms with Gasteiger partial charge in [-0.3, -0.25) is 14.5 Å². The molecule has 0 radical (unpaired) electrons. The number of aryl methyl sites for hydroxylation is 2. The minimum absolute atomic E-state index is 0.00512. The number of hydrogen-bond acceptors (Lipinski definition) is 4. The molecule has 0 atom stereocenters. The van der Waals surface area contributed by atoms with E-state index in [0.29, 0.717) is 12.4 Å². The van der Waals surface area contributed by atoms with Crippen LogP contribution in [0.15, 0.2) is 23.1 Å². The summed E-state index contributed by atoms with van der Waals surface area (Å²) < 4.78 is 1.66. The minimum atomic E-state index is -0.0491. The number of pyridine rings is 1. The lowest BCUT2D eigenvalue weighted by atomic mass is 10.2. The summed E-state index contributed by atoms with van der Waals surface area (Å²) in [4.78, 5) is 30.9. The standard InChI is InChI=1S/C15H19N3O2S/c1-10-6-5-8-16-14(10)17(4)13(19)7-9-18-11(2)12(3)21-15(18)20/h5-6,8H,7,9H2,1-4H3. The summed E-state index contributed by atoms with van der Waals surface area (Å²) in [6.07, 6.45) is 1.95. The predicted molar refractivity (Wildman–Crippen MR) is 85.1 cm³/mol. The van der Waals surface area contributed by atoms with E-state index in [4.69, 9.17) is 0 Å². The fourth-order valence-corrected chi connectivity index (χ4v) is 3.03. The van der Waals surface area contributed by atoms with Gasteiger partial charge in [0.05, 0.1) is 0 Å². The van der Waals surface area contributed by atoms with Crippen molar-refractivity contribution in [3.63, 3.8) is 0 Å². The molecule has 112 valence electrons. The monoisotopic (exact) mass is 305 g/mol. The summed E-state index contributed by atoms with van der Waals surface area (Å²) in [6.45, 7) is 6.15. The third kappa shape index (κ3) is 3.21. The largest absolute Gasteiger partial charge is 0.307 e. The molecule has 0 saturated heterocycles. The molecule has 1 amide bonds. The molecule has 0 aliphatic rings. The molecule has 2 heterocycles. The van der Waals surface area contributed by atoms with E-state index in [9.17, 15) is 9.59 Å². The topological polar surface area (TPSA) is 55.2 Å². The summed E-state index contributed by atoms with van der Waals surface area (Å²) in [5.74, 6) is 0.611. The minimum Gasteiger partial charge on any atom is -0.303 e. The number of nitrogens with zero attached hydrogens (tertiary/aromatic N) is 3. The van der Waals surface area contributed by atoms with Crippen LogP contribution in [-0.2, 0) is 11.3 Å². The van der Waals surface area contributed by atoms with E-state index >= 15 is 0 Å². The van der Waals surface area contributed by atoms with Crippen LogP contribution in [0.2, 0.25) is 0 Å². The molecule has 2 aromatic heterocycles. The summed E-state index contributed by atoms with van der Waals surface area (Å²) >= 11 is 1.22. The number of hydrogen-bond donors (Lipinski definition) is 0. The molecule has 0 N–H and O–H groups in total. The highest BCUT2D eigenvalue weighted by Crippen LogP contribution is 2.16. The number of thiazole rings is 1. The number of rotatable bonds is 4. The Hall–Kier alpha value is -1.95. The number of amides is 1. The van der Waals surface area contributed by atoms with Gasteiger partial charge in [-0.2, -0.15) is 0 Å². The lowest BCUT2D eigenvalue weighted by molar-refractivity contribution is -0.118. The highest BCUT2D eigenvalue weighted by Gasteiger charge is 2.15. The van der Waals surface area contributed by atoms with Crippen LogP contribution in [0.3, 0.4) is 0 Å². The van der Waals surface area contributed by atoms with E-state index in [-0.39, 0.29) is 17.2 Å². The van der Waals surface area contributed by atoms with Crippen LogP contribution in [0.4, 0.5) is 5.82 Å². The van der Waals surface area contributed by atoms with Gasteiger partial charge in [-0.05, 0) is 32.4 Å². The van der Waals surface area contributed by atoms with Crippen LogP contribution in [0.5, 0.6) is 0 Å². The summed E-state index contributed by atoms with van der Waals surface area (Å²) in [5.41, 5.74) is 1.89. The van der Waals surface area contributed by atoms with Crippen LogP contribution in [-0.4, -0.2) is 22.5 Å². The maximum Gasteiger partial charge on any atom is 0.307 e. The summed E-state index contributed by atoms with van der Waals surface area (Å²) in [6, 6.07) is 3.76. The fraction of sp³-hybridized carbons (Fsp3) is 0.400. The molecule has 2 aromatic rings. The third-order valence-corrected chi connectivity index (χ3v) is 4.59. The number of carbonyl (C=O) groups excluding carboxylic acids is 1. The lowest BCUT2D eigenvalue weighted by Gasteiger charge is -2.18. The first kappa shape index (κ1) is 15.4. The second-order valence-corrected chi connectivity index (χ2v) is 6.17. The van der Waals surface area contributed by atoms with Gasteiger partial charge in [-0.1, -0.05) is 17.4 Å². The normalized spacial score (nSPS) is 10.7. The van der Waals surface area contributed by atoms with Crippen molar-refractivity contribution in [1.82, 2.24) is 9.55 Å². The Morgan fingerprint density at radius 3 is 2.67 bits per heavy atom. The zero-order valence-electron chi connectivity index (χ0n) is 12.7. The maximum absolute atomic E-state index is 12.3. The summed E-state index contributed by atoms with van der Waals surface area (Å²) in [7, 11) is 1.71. The third-order valence-electron chi connectivity index (χ3n) is 3.60. The number of anilines is 1. The smallest absolute Gasteiger partial charge is 0.303 e. The van der Waals surface area contributed by atoms with Crippen LogP contribution in [0.1, 0.15) is 22.6 Å². The van der Waals surface area contributed by atoms with E-state index in [0.717, 1.165) is 16.1 Å². The average Bonchev–Trinajstić information content (AvgIpc) is 2.69. The molecule has 0 saturated carbocycles. The van der Waals surface area contributed by atoms with Gasteiger partial charge < -0.3 is 4.57 Å². The van der Waals surface area contributed by atoms with Crippen LogP contribution in [0.25, 0.3) is 0 Å². The van der Waals surface area contributed by atoms with Gasteiger partial charge in [0, 0.05) is 36.8 Å². The van der Waals surface area contributed by atoms with Crippen LogP contribution < -0.4 is 9.77 Å². The summed E-state index contributed by atoms with van der Waals surface area (Å²) in [5, 5.41) is 0. The van der Waals surface area contributed by atoms with Crippen LogP contribution >= 0.6 is 11.3 Å². The van der Waals surface area contributed by atoms with Crippen molar-refractivity contribution in [3.05, 3.63) is 44.1 Å². The molecule has 0 aliphatic carbocycles. The quantitative estimate of drug-likeness (QED) is 0.871. The van der Waals surface area contributed by atoms with Crippen molar-refractivity contribution in [1.29, 1.82) is 0 Å². The highest BCUT2D eigenvalue weighted by molar-refractivity contribution is 7.09. The molecule has 0 aliphatic heterocycles. The maximum atomic E-state index is 12.3. The van der Waals surface area contributed by atoms with Crippen molar-refractivity contribution >= 4 is 23.1 Å². The van der Waals surface area contributed by atoms with Gasteiger partial charge in [-0.15, -0.1) is 0 Å². The van der Waals surface area contributed by atoms with E-state index in [2.05, 4.69) is 4.98 Å². The van der Waals surface area contributed by atoms with Gasteiger partial charge in [-0.25, -0.2) is 4.98 Å². The van der Waals surface area contributed by atoms with Crippen molar-refractivity contribution < 1.29 is 4.79 Å². The molecule has 6 heteroatoms. The van der Waals surface area contributed by atoms with Crippen molar-refractivity contribution in [2.24, 2.45) is 0 Å². The molecule has 21 heavy (non-hydrogen) atoms. The van der Waals surface area contributed by atoms with E-state index in [1.165, 1.54) is 11.3 Å². The van der Waals surface area contributed by atoms with Crippen molar-refractivity contribution in [2.75, 3.05) is 11.9 Å². The Kier molecular flexibility index (Phi) is 4.57. The van der Waals surface area contributed by atoms with Crippen molar-refractivity contribution in [3.8, 4) is 0 Å². The molecule has 0 unspecified atom stereocenters. The SMILES string of the molecule is Cc1cccnc1N(C)C(=O)CCn1c(C)c(C)sc1=O. The highest BCUT2D eigenvalue weighted by atomic mass is 32.1. The van der Waals surface area contributed by atoms with Gasteiger partial charge >= 0.3 is 4.87 Å². The first-order chi connectivity index (χ1) is 9.91. The Balaban J connectivity index is 2.09.